The number of esters is 1. The highest BCUT2D eigenvalue weighted by Gasteiger charge is 2.30. The second-order valence-electron chi connectivity index (χ2n) is 8.97. The number of hydrazine groups is 1. The summed E-state index contributed by atoms with van der Waals surface area (Å²) in [6.45, 7) is 0.488. The van der Waals surface area contributed by atoms with Crippen LogP contribution in [0.2, 0.25) is 0 Å². The zero-order chi connectivity index (χ0) is 26.3. The third kappa shape index (κ3) is 5.88. The molecule has 2 atom stereocenters. The quantitative estimate of drug-likeness (QED) is 0.187. The Morgan fingerprint density at radius 3 is 2.50 bits per heavy atom. The normalized spacial score (nSPS) is 17.0. The topological polar surface area (TPSA) is 101 Å². The van der Waals surface area contributed by atoms with Crippen molar-refractivity contribution < 1.29 is 19.1 Å². The summed E-state index contributed by atoms with van der Waals surface area (Å²) in [4.78, 5) is 24.1. The van der Waals surface area contributed by atoms with Gasteiger partial charge in [-0.15, -0.1) is 0 Å². The molecule has 38 heavy (non-hydrogen) atoms. The van der Waals surface area contributed by atoms with Crippen LogP contribution in [0.15, 0.2) is 96.1 Å². The fourth-order valence-corrected chi connectivity index (χ4v) is 4.39. The average molecular weight is 509 g/mol. The molecule has 1 saturated heterocycles. The maximum atomic E-state index is 12.6. The van der Waals surface area contributed by atoms with E-state index in [1.54, 1.807) is 24.3 Å². The molecule has 5 rings (SSSR count). The van der Waals surface area contributed by atoms with E-state index in [-0.39, 0.29) is 11.9 Å². The predicted molar refractivity (Wildman–Crippen MR) is 146 cm³/mol. The van der Waals surface area contributed by atoms with Crippen molar-refractivity contribution in [3.63, 3.8) is 0 Å². The van der Waals surface area contributed by atoms with Gasteiger partial charge < -0.3 is 9.47 Å². The zero-order valence-corrected chi connectivity index (χ0v) is 20.9. The van der Waals surface area contributed by atoms with Gasteiger partial charge in [0, 0.05) is 6.04 Å². The first-order chi connectivity index (χ1) is 18.6. The number of benzene rings is 4. The maximum Gasteiger partial charge on any atom is 0.337 e. The van der Waals surface area contributed by atoms with Gasteiger partial charge in [-0.25, -0.2) is 21.1 Å². The van der Waals surface area contributed by atoms with E-state index in [2.05, 4.69) is 50.4 Å². The number of nitrogens with one attached hydrogen (secondary N) is 3. The molecule has 0 radical (unpaired) electrons. The number of hydrazone groups is 1. The number of amides is 1. The van der Waals surface area contributed by atoms with E-state index in [1.165, 1.54) is 24.1 Å². The Bertz CT molecular complexity index is 1450. The molecule has 4 aromatic carbocycles. The third-order valence-corrected chi connectivity index (χ3v) is 6.50. The Morgan fingerprint density at radius 1 is 0.947 bits per heavy atom. The van der Waals surface area contributed by atoms with Crippen LogP contribution in [0.25, 0.3) is 10.8 Å². The van der Waals surface area contributed by atoms with Gasteiger partial charge in [0.15, 0.2) is 0 Å². The molecule has 2 unspecified atom stereocenters. The zero-order valence-electron chi connectivity index (χ0n) is 20.9. The van der Waals surface area contributed by atoms with Crippen LogP contribution in [-0.4, -0.2) is 31.2 Å². The molecule has 0 spiro atoms. The lowest BCUT2D eigenvalue weighted by atomic mass is 10.0. The molecule has 8 heteroatoms. The van der Waals surface area contributed by atoms with Gasteiger partial charge in [-0.2, -0.15) is 5.10 Å². The number of hydrogen-bond acceptors (Lipinski definition) is 7. The Morgan fingerprint density at radius 2 is 1.71 bits per heavy atom. The molecule has 0 aliphatic carbocycles. The van der Waals surface area contributed by atoms with Crippen LogP contribution in [0.1, 0.15) is 39.5 Å². The summed E-state index contributed by atoms with van der Waals surface area (Å²) in [5.74, 6) is 0.146. The number of methoxy groups -OCH3 is 1. The fourth-order valence-electron chi connectivity index (χ4n) is 4.39. The van der Waals surface area contributed by atoms with Crippen molar-refractivity contribution in [1.29, 1.82) is 0 Å². The number of carbonyl (C=O) groups excluding carboxylic acids is 2. The van der Waals surface area contributed by atoms with E-state index in [4.69, 9.17) is 4.74 Å². The summed E-state index contributed by atoms with van der Waals surface area (Å²) in [5.41, 5.74) is 12.2. The molecule has 0 aromatic heterocycles. The fraction of sp³-hybridized carbons (Fsp3) is 0.167. The Kier molecular flexibility index (Phi) is 7.73. The highest BCUT2D eigenvalue weighted by Crippen LogP contribution is 2.25. The summed E-state index contributed by atoms with van der Waals surface area (Å²) in [6.07, 6.45) is 2.10. The van der Waals surface area contributed by atoms with Crippen molar-refractivity contribution >= 4 is 28.9 Å². The van der Waals surface area contributed by atoms with Gasteiger partial charge in [-0.3, -0.25) is 4.79 Å². The van der Waals surface area contributed by atoms with Crippen molar-refractivity contribution in [2.24, 2.45) is 5.10 Å². The van der Waals surface area contributed by atoms with Gasteiger partial charge >= 0.3 is 5.97 Å². The first-order valence-corrected chi connectivity index (χ1v) is 12.3. The Hall–Kier alpha value is -4.53. The van der Waals surface area contributed by atoms with Crippen LogP contribution in [0.5, 0.6) is 5.75 Å². The smallest absolute Gasteiger partial charge is 0.337 e. The summed E-state index contributed by atoms with van der Waals surface area (Å²) in [5, 5.41) is 6.42. The van der Waals surface area contributed by atoms with Crippen LogP contribution in [0.4, 0.5) is 0 Å². The maximum absolute atomic E-state index is 12.6. The number of rotatable bonds is 8. The van der Waals surface area contributed by atoms with Gasteiger partial charge in [0.05, 0.1) is 18.9 Å². The molecule has 1 fully saturated rings. The minimum atomic E-state index is -0.430. The summed E-state index contributed by atoms with van der Waals surface area (Å²) >= 11 is 0. The van der Waals surface area contributed by atoms with Gasteiger partial charge in [0.25, 0.3) is 5.91 Å². The predicted octanol–water partition coefficient (Wildman–Crippen LogP) is 4.26. The number of hydrogen-bond donors (Lipinski definition) is 3. The van der Waals surface area contributed by atoms with Crippen LogP contribution in [-0.2, 0) is 16.1 Å². The van der Waals surface area contributed by atoms with Gasteiger partial charge in [-0.05, 0) is 58.1 Å². The van der Waals surface area contributed by atoms with Crippen molar-refractivity contribution in [2.75, 3.05) is 7.11 Å². The second kappa shape index (κ2) is 11.7. The number of fused-ring (bicyclic) bond motifs is 1. The number of nitrogens with zero attached hydrogens (tertiary/aromatic N) is 1. The minimum Gasteiger partial charge on any atom is -0.489 e. The van der Waals surface area contributed by atoms with E-state index in [0.29, 0.717) is 18.6 Å². The molecule has 0 bridgehead atoms. The molecular weight excluding hydrogens is 480 g/mol. The van der Waals surface area contributed by atoms with Gasteiger partial charge in [0.2, 0.25) is 0 Å². The van der Waals surface area contributed by atoms with Crippen molar-refractivity contribution in [3.8, 4) is 5.75 Å². The summed E-state index contributed by atoms with van der Waals surface area (Å²) < 4.78 is 10.7. The third-order valence-electron chi connectivity index (χ3n) is 6.50. The monoisotopic (exact) mass is 508 g/mol. The van der Waals surface area contributed by atoms with E-state index in [9.17, 15) is 9.59 Å². The molecular formula is C30H28N4O4. The average Bonchev–Trinajstić information content (AvgIpc) is 3.47. The van der Waals surface area contributed by atoms with Crippen LogP contribution in [0, 0.1) is 0 Å². The van der Waals surface area contributed by atoms with Gasteiger partial charge in [-0.1, -0.05) is 66.7 Å². The highest BCUT2D eigenvalue weighted by atomic mass is 16.5. The molecule has 1 amide bonds. The largest absolute Gasteiger partial charge is 0.489 e. The van der Waals surface area contributed by atoms with Crippen LogP contribution >= 0.6 is 0 Å². The first-order valence-electron chi connectivity index (χ1n) is 12.3. The number of carbonyl (C=O) groups is 2. The molecule has 1 aliphatic heterocycles. The number of ether oxygens (including phenoxy) is 2. The van der Waals surface area contributed by atoms with Gasteiger partial charge in [0.1, 0.15) is 18.4 Å². The molecule has 192 valence electrons. The molecule has 1 aliphatic rings. The highest BCUT2D eigenvalue weighted by molar-refractivity contribution is 5.91. The molecule has 0 saturated carbocycles. The van der Waals surface area contributed by atoms with Crippen LogP contribution in [0.3, 0.4) is 0 Å². The molecule has 1 heterocycles. The first kappa shape index (κ1) is 25.1. The lowest BCUT2D eigenvalue weighted by Gasteiger charge is -2.12. The summed E-state index contributed by atoms with van der Waals surface area (Å²) in [6, 6.07) is 28.7. The van der Waals surface area contributed by atoms with Crippen molar-refractivity contribution in [2.45, 2.75) is 25.1 Å². The van der Waals surface area contributed by atoms with E-state index in [0.717, 1.165) is 22.4 Å². The minimum absolute atomic E-state index is 0.0206. The van der Waals surface area contributed by atoms with Crippen molar-refractivity contribution in [3.05, 3.63) is 113 Å². The summed E-state index contributed by atoms with van der Waals surface area (Å²) in [7, 11) is 1.34. The van der Waals surface area contributed by atoms with Crippen LogP contribution < -0.4 is 21.0 Å². The lowest BCUT2D eigenvalue weighted by molar-refractivity contribution is -0.122. The van der Waals surface area contributed by atoms with E-state index in [1.807, 2.05) is 42.5 Å². The Labute approximate surface area is 220 Å². The van der Waals surface area contributed by atoms with Crippen molar-refractivity contribution in [1.82, 2.24) is 16.3 Å². The van der Waals surface area contributed by atoms with E-state index < -0.39 is 12.0 Å². The molecule has 4 aromatic rings. The SMILES string of the molecule is COC(=O)c1ccc(/C=N/NC(=O)C2CC(c3ccc(OCc4cccc5ccccc45)cc3)NN2)cc1. The second-order valence-corrected chi connectivity index (χ2v) is 8.97. The molecule has 3 N–H and O–H groups in total. The molecule has 8 nitrogen and oxygen atoms in total. The standard InChI is InChI=1S/C30H28N4O4/c1-37-30(36)23-11-9-20(10-12-23)18-31-34-29(35)28-17-27(32-33-28)22-13-15-25(16-14-22)38-19-24-7-4-6-21-5-2-3-8-26(21)24/h2-16,18,27-28,32-33H,17,19H2,1H3,(H,34,35)/b31-18+. The van der Waals surface area contributed by atoms with E-state index >= 15 is 0 Å². The Balaban J connectivity index is 1.11. The lowest BCUT2D eigenvalue weighted by Crippen LogP contribution is -2.41.